The molecule has 1 unspecified atom stereocenters. The van der Waals surface area contributed by atoms with Crippen molar-refractivity contribution in [3.05, 3.63) is 28.5 Å². The zero-order valence-electron chi connectivity index (χ0n) is 11.1. The Kier molecular flexibility index (Phi) is 4.53. The molecule has 1 aliphatic rings. The molecule has 0 amide bonds. The van der Waals surface area contributed by atoms with E-state index in [1.54, 1.807) is 6.92 Å². The number of rotatable bonds is 2. The molecule has 0 saturated carbocycles. The lowest BCUT2D eigenvalue weighted by molar-refractivity contribution is 0.0465. The van der Waals surface area contributed by atoms with Gasteiger partial charge in [0.1, 0.15) is 5.82 Å². The van der Waals surface area contributed by atoms with Gasteiger partial charge < -0.3 is 5.11 Å². The van der Waals surface area contributed by atoms with E-state index in [4.69, 9.17) is 0 Å². The van der Waals surface area contributed by atoms with Gasteiger partial charge in [0.05, 0.1) is 10.5 Å². The molecule has 112 valence electrons. The molecule has 1 heterocycles. The van der Waals surface area contributed by atoms with Crippen molar-refractivity contribution in [2.45, 2.75) is 36.7 Å². The van der Waals surface area contributed by atoms with Crippen LogP contribution in [0.15, 0.2) is 27.6 Å². The van der Waals surface area contributed by atoms with Crippen LogP contribution in [0.1, 0.15) is 26.2 Å². The quantitative estimate of drug-likeness (QED) is 0.875. The molecule has 0 bridgehead atoms. The third-order valence-corrected chi connectivity index (χ3v) is 6.41. The minimum Gasteiger partial charge on any atom is -0.390 e. The second-order valence-electron chi connectivity index (χ2n) is 5.33. The molecule has 0 aliphatic carbocycles. The minimum absolute atomic E-state index is 0.0560. The summed E-state index contributed by atoms with van der Waals surface area (Å²) in [5.41, 5.74) is -0.829. The summed E-state index contributed by atoms with van der Waals surface area (Å²) in [5.74, 6) is -0.491. The van der Waals surface area contributed by atoms with Gasteiger partial charge in [0.25, 0.3) is 0 Å². The molecule has 1 N–H and O–H groups in total. The van der Waals surface area contributed by atoms with Crippen LogP contribution < -0.4 is 0 Å². The third kappa shape index (κ3) is 3.39. The Morgan fingerprint density at radius 1 is 1.35 bits per heavy atom. The van der Waals surface area contributed by atoms with E-state index in [1.807, 2.05) is 0 Å². The van der Waals surface area contributed by atoms with Crippen molar-refractivity contribution in [3.8, 4) is 0 Å². The Hall–Kier alpha value is -0.500. The van der Waals surface area contributed by atoms with Crippen LogP contribution in [0.3, 0.4) is 0 Å². The molecule has 0 radical (unpaired) electrons. The molecule has 7 heteroatoms. The largest absolute Gasteiger partial charge is 0.390 e. The molecule has 1 aliphatic heterocycles. The van der Waals surface area contributed by atoms with E-state index in [1.165, 1.54) is 10.4 Å². The fourth-order valence-corrected chi connectivity index (χ4v) is 4.79. The maximum absolute atomic E-state index is 13.1. The Balaban J connectivity index is 2.30. The summed E-state index contributed by atoms with van der Waals surface area (Å²) < 4.78 is 39.8. The lowest BCUT2D eigenvalue weighted by atomic mass is 9.98. The first kappa shape index (κ1) is 15.9. The van der Waals surface area contributed by atoms with Crippen LogP contribution >= 0.6 is 15.9 Å². The van der Waals surface area contributed by atoms with E-state index in [-0.39, 0.29) is 15.9 Å². The van der Waals surface area contributed by atoms with Crippen LogP contribution in [0.25, 0.3) is 0 Å². The summed E-state index contributed by atoms with van der Waals surface area (Å²) in [6.45, 7) is 2.35. The predicted octanol–water partition coefficient (Wildman–Crippen LogP) is 2.51. The highest BCUT2D eigenvalue weighted by Crippen LogP contribution is 2.29. The lowest BCUT2D eigenvalue weighted by Crippen LogP contribution is -2.33. The van der Waals surface area contributed by atoms with Gasteiger partial charge in [-0.3, -0.25) is 0 Å². The Labute approximate surface area is 126 Å². The van der Waals surface area contributed by atoms with Gasteiger partial charge in [-0.15, -0.1) is 0 Å². The second-order valence-corrected chi connectivity index (χ2v) is 8.09. The number of aliphatic hydroxyl groups is 1. The maximum Gasteiger partial charge on any atom is 0.244 e. The van der Waals surface area contributed by atoms with Crippen molar-refractivity contribution in [3.63, 3.8) is 0 Å². The van der Waals surface area contributed by atoms with Crippen LogP contribution in [0.4, 0.5) is 4.39 Å². The van der Waals surface area contributed by atoms with Gasteiger partial charge in [-0.1, -0.05) is 0 Å². The number of sulfonamides is 1. The van der Waals surface area contributed by atoms with Crippen molar-refractivity contribution in [1.82, 2.24) is 4.31 Å². The Morgan fingerprint density at radius 2 is 2.05 bits per heavy atom. The SMILES string of the molecule is CC1(O)CCCN(S(=O)(=O)c2ccc(F)cc2Br)CC1. The van der Waals surface area contributed by atoms with Gasteiger partial charge in [0.2, 0.25) is 10.0 Å². The first-order chi connectivity index (χ1) is 9.22. The standard InChI is InChI=1S/C13H17BrFNO3S/c1-13(17)5-2-7-16(8-6-13)20(18,19)12-4-3-10(15)9-11(12)14/h3-4,9,17H,2,5-8H2,1H3. The average molecular weight is 366 g/mol. The van der Waals surface area contributed by atoms with Crippen LogP contribution in [0, 0.1) is 5.82 Å². The maximum atomic E-state index is 13.1. The van der Waals surface area contributed by atoms with Gasteiger partial charge in [0.15, 0.2) is 0 Å². The van der Waals surface area contributed by atoms with Crippen molar-refractivity contribution < 1.29 is 17.9 Å². The molecule has 2 rings (SSSR count). The zero-order valence-corrected chi connectivity index (χ0v) is 13.5. The molecule has 20 heavy (non-hydrogen) atoms. The Morgan fingerprint density at radius 3 is 2.70 bits per heavy atom. The predicted molar refractivity (Wildman–Crippen MR) is 77.3 cm³/mol. The van der Waals surface area contributed by atoms with Gasteiger partial charge in [-0.05, 0) is 60.3 Å². The van der Waals surface area contributed by atoms with E-state index in [0.29, 0.717) is 25.8 Å². The van der Waals surface area contributed by atoms with E-state index in [0.717, 1.165) is 12.1 Å². The van der Waals surface area contributed by atoms with Gasteiger partial charge in [-0.25, -0.2) is 12.8 Å². The summed E-state index contributed by atoms with van der Waals surface area (Å²) in [6.07, 6.45) is 1.57. The Bertz CT molecular complexity index is 604. The summed E-state index contributed by atoms with van der Waals surface area (Å²) >= 11 is 3.10. The van der Waals surface area contributed by atoms with Crippen molar-refractivity contribution >= 4 is 26.0 Å². The number of benzene rings is 1. The smallest absolute Gasteiger partial charge is 0.244 e. The second kappa shape index (κ2) is 5.71. The molecule has 1 aromatic rings. The summed E-state index contributed by atoms with van der Waals surface area (Å²) in [5, 5.41) is 10.0. The topological polar surface area (TPSA) is 57.6 Å². The van der Waals surface area contributed by atoms with Crippen LogP contribution in [-0.2, 0) is 10.0 Å². The van der Waals surface area contributed by atoms with Crippen molar-refractivity contribution in [2.75, 3.05) is 13.1 Å². The van der Waals surface area contributed by atoms with Crippen molar-refractivity contribution in [2.24, 2.45) is 0 Å². The van der Waals surface area contributed by atoms with E-state index in [9.17, 15) is 17.9 Å². The van der Waals surface area contributed by atoms with E-state index in [2.05, 4.69) is 15.9 Å². The highest BCUT2D eigenvalue weighted by Gasteiger charge is 2.32. The number of nitrogens with zero attached hydrogens (tertiary/aromatic N) is 1. The average Bonchev–Trinajstić information content (AvgIpc) is 2.50. The molecule has 1 saturated heterocycles. The highest BCUT2D eigenvalue weighted by atomic mass is 79.9. The number of hydrogen-bond acceptors (Lipinski definition) is 3. The fraction of sp³-hybridized carbons (Fsp3) is 0.538. The first-order valence-corrected chi connectivity index (χ1v) is 8.63. The molecular formula is C13H17BrFNO3S. The van der Waals surface area contributed by atoms with E-state index >= 15 is 0 Å². The van der Waals surface area contributed by atoms with Crippen molar-refractivity contribution in [1.29, 1.82) is 0 Å². The molecule has 4 nitrogen and oxygen atoms in total. The molecular weight excluding hydrogens is 349 g/mol. The number of halogens is 2. The first-order valence-electron chi connectivity index (χ1n) is 6.40. The van der Waals surface area contributed by atoms with E-state index < -0.39 is 21.4 Å². The molecule has 0 spiro atoms. The molecule has 1 aromatic carbocycles. The molecule has 0 aromatic heterocycles. The zero-order chi connectivity index (χ0) is 15.0. The fourth-order valence-electron chi connectivity index (χ4n) is 2.30. The van der Waals surface area contributed by atoms with Gasteiger partial charge in [0, 0.05) is 17.6 Å². The molecule has 1 atom stereocenters. The number of hydrogen-bond donors (Lipinski definition) is 1. The summed E-state index contributed by atoms with van der Waals surface area (Å²) in [4.78, 5) is 0.0560. The van der Waals surface area contributed by atoms with Gasteiger partial charge >= 0.3 is 0 Å². The third-order valence-electron chi connectivity index (χ3n) is 3.53. The normalized spacial score (nSPS) is 25.4. The summed E-state index contributed by atoms with van der Waals surface area (Å²) in [6, 6.07) is 3.53. The summed E-state index contributed by atoms with van der Waals surface area (Å²) in [7, 11) is -3.67. The molecule has 1 fully saturated rings. The van der Waals surface area contributed by atoms with Crippen LogP contribution in [0.5, 0.6) is 0 Å². The van der Waals surface area contributed by atoms with Gasteiger partial charge in [-0.2, -0.15) is 4.31 Å². The lowest BCUT2D eigenvalue weighted by Gasteiger charge is -2.22. The van der Waals surface area contributed by atoms with Crippen LogP contribution in [-0.4, -0.2) is 36.5 Å². The van der Waals surface area contributed by atoms with Crippen LogP contribution in [0.2, 0.25) is 0 Å². The monoisotopic (exact) mass is 365 g/mol. The highest BCUT2D eigenvalue weighted by molar-refractivity contribution is 9.10. The minimum atomic E-state index is -3.67.